The van der Waals surface area contributed by atoms with Crippen LogP contribution in [0.4, 0.5) is 0 Å². The second-order valence-corrected chi connectivity index (χ2v) is 2.26. The molecule has 0 atom stereocenters. The molecule has 0 radical (unpaired) electrons. The van der Waals surface area contributed by atoms with E-state index in [4.69, 9.17) is 0 Å². The number of nitrogens with zero attached hydrogens (tertiary/aromatic N) is 1. The van der Waals surface area contributed by atoms with Crippen LogP contribution in [0.3, 0.4) is 0 Å². The Morgan fingerprint density at radius 2 is 2.50 bits per heavy atom. The van der Waals surface area contributed by atoms with Gasteiger partial charge in [0, 0.05) is 5.71 Å². The molecule has 0 fully saturated rings. The van der Waals surface area contributed by atoms with E-state index >= 15 is 0 Å². The summed E-state index contributed by atoms with van der Waals surface area (Å²) in [7, 11) is 0. The van der Waals surface area contributed by atoms with E-state index in [0.717, 1.165) is 11.6 Å². The lowest BCUT2D eigenvalue weighted by atomic mass is 10.4. The summed E-state index contributed by atoms with van der Waals surface area (Å²) in [5.41, 5.74) is 1.01. The monoisotopic (exact) mass is 129 g/mol. The summed E-state index contributed by atoms with van der Waals surface area (Å²) in [5.74, 6) is 0.845. The minimum atomic E-state index is 0.845. The van der Waals surface area contributed by atoms with E-state index in [1.807, 2.05) is 13.2 Å². The molecule has 0 N–H and O–H groups in total. The van der Waals surface area contributed by atoms with Gasteiger partial charge in [-0.05, 0) is 19.3 Å². The summed E-state index contributed by atoms with van der Waals surface area (Å²) in [4.78, 5) is 4.12. The fraction of sp³-hybridized carbons (Fsp3) is 0.500. The third-order valence-corrected chi connectivity index (χ3v) is 1.13. The highest BCUT2D eigenvalue weighted by molar-refractivity contribution is 7.98. The van der Waals surface area contributed by atoms with Gasteiger partial charge in [0.2, 0.25) is 0 Å². The summed E-state index contributed by atoms with van der Waals surface area (Å²) in [5, 5.41) is 0. The van der Waals surface area contributed by atoms with Crippen LogP contribution < -0.4 is 0 Å². The van der Waals surface area contributed by atoms with E-state index in [2.05, 4.69) is 11.6 Å². The van der Waals surface area contributed by atoms with Gasteiger partial charge in [0.15, 0.2) is 0 Å². The summed E-state index contributed by atoms with van der Waals surface area (Å²) in [6.45, 7) is 5.52. The largest absolute Gasteiger partial charge is 0.279 e. The van der Waals surface area contributed by atoms with Gasteiger partial charge in [0.25, 0.3) is 0 Å². The van der Waals surface area contributed by atoms with Crippen molar-refractivity contribution in [1.82, 2.24) is 0 Å². The molecule has 46 valence electrons. The molecule has 0 aromatic carbocycles. The van der Waals surface area contributed by atoms with Crippen LogP contribution in [0.25, 0.3) is 0 Å². The van der Waals surface area contributed by atoms with Crippen molar-refractivity contribution in [1.29, 1.82) is 0 Å². The van der Waals surface area contributed by atoms with Crippen molar-refractivity contribution in [3.63, 3.8) is 0 Å². The minimum absolute atomic E-state index is 0.845. The first-order chi connectivity index (χ1) is 3.81. The average Bonchev–Trinajstić information content (AvgIpc) is 1.83. The summed E-state index contributed by atoms with van der Waals surface area (Å²) < 4.78 is 0. The van der Waals surface area contributed by atoms with Crippen LogP contribution >= 0.6 is 11.8 Å². The third-order valence-electron chi connectivity index (χ3n) is 0.738. The van der Waals surface area contributed by atoms with E-state index < -0.39 is 0 Å². The van der Waals surface area contributed by atoms with Gasteiger partial charge in [-0.3, -0.25) is 4.99 Å². The first kappa shape index (κ1) is 7.76. The van der Waals surface area contributed by atoms with Crippen molar-refractivity contribution >= 4 is 17.5 Å². The van der Waals surface area contributed by atoms with Gasteiger partial charge in [0.1, 0.15) is 0 Å². The van der Waals surface area contributed by atoms with Gasteiger partial charge in [0.05, 0.1) is 5.88 Å². The molecule has 0 saturated carbocycles. The summed E-state index contributed by atoms with van der Waals surface area (Å²) in [6.07, 6.45) is 3.79. The van der Waals surface area contributed by atoms with Crippen LogP contribution in [0, 0.1) is 0 Å². The molecule has 0 bridgehead atoms. The maximum absolute atomic E-state index is 4.12. The van der Waals surface area contributed by atoms with Gasteiger partial charge < -0.3 is 0 Å². The molecule has 8 heavy (non-hydrogen) atoms. The van der Waals surface area contributed by atoms with Crippen LogP contribution in [-0.4, -0.2) is 17.8 Å². The number of allylic oxidation sites excluding steroid dienone is 1. The molecule has 0 amide bonds. The molecule has 0 unspecified atom stereocenters. The molecule has 1 nitrogen and oxygen atoms in total. The predicted octanol–water partition coefficient (Wildman–Crippen LogP) is 1.95. The SMILES string of the molecule is C=C/C(C)=N\CSC. The number of thioether (sulfide) groups is 1. The maximum Gasteiger partial charge on any atom is 0.0844 e. The lowest BCUT2D eigenvalue weighted by molar-refractivity contribution is 1.37. The Morgan fingerprint density at radius 3 is 2.88 bits per heavy atom. The first-order valence-corrected chi connectivity index (χ1v) is 3.83. The highest BCUT2D eigenvalue weighted by Crippen LogP contribution is 1.91. The lowest BCUT2D eigenvalue weighted by Crippen LogP contribution is -1.82. The zero-order valence-corrected chi connectivity index (χ0v) is 6.16. The fourth-order valence-corrected chi connectivity index (χ4v) is 0.564. The van der Waals surface area contributed by atoms with E-state index in [0.29, 0.717) is 0 Å². The standard InChI is InChI=1S/C6H11NS/c1-4-6(2)7-5-8-3/h4H,1,5H2,2-3H3/b7-6-. The first-order valence-electron chi connectivity index (χ1n) is 2.43. The van der Waals surface area contributed by atoms with Crippen molar-refractivity contribution in [3.8, 4) is 0 Å². The van der Waals surface area contributed by atoms with Crippen LogP contribution in [0.1, 0.15) is 6.92 Å². The van der Waals surface area contributed by atoms with Gasteiger partial charge in [-0.15, -0.1) is 11.8 Å². The second kappa shape index (κ2) is 4.91. The maximum atomic E-state index is 4.12. The quantitative estimate of drug-likeness (QED) is 0.530. The molecular weight excluding hydrogens is 118 g/mol. The Kier molecular flexibility index (Phi) is 4.76. The van der Waals surface area contributed by atoms with E-state index in [9.17, 15) is 0 Å². The molecule has 2 heteroatoms. The van der Waals surface area contributed by atoms with Crippen molar-refractivity contribution < 1.29 is 0 Å². The smallest absolute Gasteiger partial charge is 0.0844 e. The van der Waals surface area contributed by atoms with Crippen molar-refractivity contribution in [3.05, 3.63) is 12.7 Å². The zero-order chi connectivity index (χ0) is 6.41. The Labute approximate surface area is 54.9 Å². The van der Waals surface area contributed by atoms with Crippen molar-refractivity contribution in [2.24, 2.45) is 4.99 Å². The van der Waals surface area contributed by atoms with E-state index in [-0.39, 0.29) is 0 Å². The summed E-state index contributed by atoms with van der Waals surface area (Å²) >= 11 is 1.71. The molecule has 0 aliphatic rings. The van der Waals surface area contributed by atoms with Gasteiger partial charge >= 0.3 is 0 Å². The number of aliphatic imine (C=N–C) groups is 1. The minimum Gasteiger partial charge on any atom is -0.279 e. The molecule has 0 saturated heterocycles. The van der Waals surface area contributed by atoms with Crippen molar-refractivity contribution in [2.75, 3.05) is 12.1 Å². The van der Waals surface area contributed by atoms with Crippen LogP contribution in [0.5, 0.6) is 0 Å². The van der Waals surface area contributed by atoms with Crippen LogP contribution in [-0.2, 0) is 0 Å². The zero-order valence-electron chi connectivity index (χ0n) is 5.35. The molecule has 0 heterocycles. The molecular formula is C6H11NS. The average molecular weight is 129 g/mol. The number of hydrogen-bond donors (Lipinski definition) is 0. The Hall–Kier alpha value is -0.240. The highest BCUT2D eigenvalue weighted by Gasteiger charge is 1.76. The Bertz CT molecular complexity index is 96.7. The molecule has 0 aromatic heterocycles. The second-order valence-electron chi connectivity index (χ2n) is 1.42. The summed E-state index contributed by atoms with van der Waals surface area (Å²) in [6, 6.07) is 0. The van der Waals surface area contributed by atoms with Crippen LogP contribution in [0.2, 0.25) is 0 Å². The van der Waals surface area contributed by atoms with Crippen LogP contribution in [0.15, 0.2) is 17.6 Å². The topological polar surface area (TPSA) is 12.4 Å². The Balaban J connectivity index is 3.40. The van der Waals surface area contributed by atoms with Gasteiger partial charge in [-0.2, -0.15) is 0 Å². The number of rotatable bonds is 3. The molecule has 0 aliphatic heterocycles. The molecule has 0 aliphatic carbocycles. The van der Waals surface area contributed by atoms with Gasteiger partial charge in [-0.25, -0.2) is 0 Å². The molecule has 0 spiro atoms. The number of hydrogen-bond acceptors (Lipinski definition) is 2. The lowest BCUT2D eigenvalue weighted by Gasteiger charge is -1.87. The van der Waals surface area contributed by atoms with E-state index in [1.165, 1.54) is 0 Å². The van der Waals surface area contributed by atoms with Gasteiger partial charge in [-0.1, -0.05) is 6.58 Å². The van der Waals surface area contributed by atoms with Crippen molar-refractivity contribution in [2.45, 2.75) is 6.92 Å². The normalized spacial score (nSPS) is 11.5. The molecule has 0 rings (SSSR count). The fourth-order valence-electron chi connectivity index (χ4n) is 0.231. The molecule has 0 aromatic rings. The highest BCUT2D eigenvalue weighted by atomic mass is 32.2. The predicted molar refractivity (Wildman–Crippen MR) is 41.7 cm³/mol. The Morgan fingerprint density at radius 1 is 1.88 bits per heavy atom. The van der Waals surface area contributed by atoms with E-state index in [1.54, 1.807) is 17.8 Å². The third kappa shape index (κ3) is 3.93.